The van der Waals surface area contributed by atoms with Crippen LogP contribution in [0.25, 0.3) is 16.0 Å². The monoisotopic (exact) mass is 441 g/mol. The first-order chi connectivity index (χ1) is 14.8. The van der Waals surface area contributed by atoms with Crippen molar-refractivity contribution in [2.75, 3.05) is 18.5 Å². The lowest BCUT2D eigenvalue weighted by Gasteiger charge is -2.15. The normalized spacial score (nSPS) is 11.1. The van der Waals surface area contributed by atoms with E-state index in [4.69, 9.17) is 4.98 Å². The summed E-state index contributed by atoms with van der Waals surface area (Å²) in [5.41, 5.74) is 4.03. The van der Waals surface area contributed by atoms with Gasteiger partial charge in [-0.05, 0) is 49.2 Å². The predicted molar refractivity (Wildman–Crippen MR) is 118 cm³/mol. The van der Waals surface area contributed by atoms with Crippen molar-refractivity contribution in [2.45, 2.75) is 20.4 Å². The topological polar surface area (TPSA) is 63.1 Å². The summed E-state index contributed by atoms with van der Waals surface area (Å²) in [4.78, 5) is 18.8. The molecule has 0 aliphatic rings. The Labute approximate surface area is 182 Å². The van der Waals surface area contributed by atoms with Gasteiger partial charge in [-0.25, -0.2) is 13.5 Å². The average molecular weight is 442 g/mol. The number of halogens is 2. The van der Waals surface area contributed by atoms with E-state index < -0.39 is 11.6 Å². The molecule has 1 N–H and O–H groups in total. The van der Waals surface area contributed by atoms with E-state index in [2.05, 4.69) is 10.4 Å². The van der Waals surface area contributed by atoms with Gasteiger partial charge in [-0.2, -0.15) is 10.1 Å². The zero-order valence-electron chi connectivity index (χ0n) is 17.3. The Bertz CT molecular complexity index is 1250. The lowest BCUT2D eigenvalue weighted by atomic mass is 10.2. The molecule has 160 valence electrons. The Morgan fingerprint density at radius 1 is 1.16 bits per heavy atom. The van der Waals surface area contributed by atoms with Gasteiger partial charge in [0.15, 0.2) is 10.8 Å². The molecule has 2 aromatic carbocycles. The van der Waals surface area contributed by atoms with Crippen LogP contribution in [0.2, 0.25) is 0 Å². The van der Waals surface area contributed by atoms with Crippen molar-refractivity contribution < 1.29 is 13.6 Å². The largest absolute Gasteiger partial charge is 0.350 e. The molecule has 4 aromatic rings. The van der Waals surface area contributed by atoms with Gasteiger partial charge in [-0.1, -0.05) is 23.5 Å². The summed E-state index contributed by atoms with van der Waals surface area (Å²) in [7, 11) is 1.78. The Kier molecular flexibility index (Phi) is 5.69. The van der Waals surface area contributed by atoms with E-state index in [0.29, 0.717) is 10.7 Å². The van der Waals surface area contributed by atoms with Crippen LogP contribution in [0.3, 0.4) is 0 Å². The molecule has 2 heterocycles. The molecule has 0 atom stereocenters. The number of aromatic nitrogens is 3. The number of benzene rings is 2. The molecule has 0 saturated heterocycles. The van der Waals surface area contributed by atoms with E-state index in [0.717, 1.165) is 33.4 Å². The molecule has 0 unspecified atom stereocenters. The number of nitrogens with one attached hydrogen (secondary N) is 1. The van der Waals surface area contributed by atoms with Crippen molar-refractivity contribution in [1.29, 1.82) is 0 Å². The van der Waals surface area contributed by atoms with Gasteiger partial charge in [-0.15, -0.1) is 0 Å². The minimum atomic E-state index is -0.672. The number of fused-ring (bicyclic) bond motifs is 1. The summed E-state index contributed by atoms with van der Waals surface area (Å²) in [5, 5.41) is 7.97. The Hall–Kier alpha value is -3.33. The molecule has 0 aliphatic heterocycles. The highest BCUT2D eigenvalue weighted by atomic mass is 32.1. The third-order valence-electron chi connectivity index (χ3n) is 4.74. The summed E-state index contributed by atoms with van der Waals surface area (Å²) in [5.74, 6) is -1.62. The van der Waals surface area contributed by atoms with Crippen LogP contribution >= 0.6 is 11.3 Å². The molecule has 1 amide bonds. The fourth-order valence-corrected chi connectivity index (χ4v) is 4.23. The maximum atomic E-state index is 13.3. The second-order valence-corrected chi connectivity index (χ2v) is 8.37. The molecule has 6 nitrogen and oxygen atoms in total. The van der Waals surface area contributed by atoms with Gasteiger partial charge in [0.2, 0.25) is 5.91 Å². The van der Waals surface area contributed by atoms with Crippen LogP contribution in [-0.4, -0.2) is 34.3 Å². The van der Waals surface area contributed by atoms with Crippen LogP contribution in [-0.2, 0) is 11.3 Å². The maximum absolute atomic E-state index is 13.3. The molecule has 9 heteroatoms. The second-order valence-electron chi connectivity index (χ2n) is 7.40. The quantitative estimate of drug-likeness (QED) is 0.489. The van der Waals surface area contributed by atoms with Crippen molar-refractivity contribution in [1.82, 2.24) is 20.1 Å². The molecule has 31 heavy (non-hydrogen) atoms. The van der Waals surface area contributed by atoms with Crippen molar-refractivity contribution in [3.8, 4) is 5.69 Å². The summed E-state index contributed by atoms with van der Waals surface area (Å²) >= 11 is 1.46. The van der Waals surface area contributed by atoms with Crippen LogP contribution in [0.15, 0.2) is 42.5 Å². The third-order valence-corrected chi connectivity index (χ3v) is 6.01. The number of carbonyl (C=O) groups is 1. The summed E-state index contributed by atoms with van der Waals surface area (Å²) in [6.45, 7) is 4.06. The van der Waals surface area contributed by atoms with Crippen LogP contribution in [0, 0.1) is 25.5 Å². The lowest BCUT2D eigenvalue weighted by Crippen LogP contribution is -2.34. The highest BCUT2D eigenvalue weighted by Crippen LogP contribution is 2.32. The summed E-state index contributed by atoms with van der Waals surface area (Å²) in [6.07, 6.45) is 0. The zero-order valence-corrected chi connectivity index (χ0v) is 18.1. The van der Waals surface area contributed by atoms with Crippen LogP contribution in [0.5, 0.6) is 0 Å². The fraction of sp³-hybridized carbons (Fsp3) is 0.227. The molecule has 0 saturated carbocycles. The third kappa shape index (κ3) is 4.56. The Balaban J connectivity index is 1.48. The van der Waals surface area contributed by atoms with E-state index >= 15 is 0 Å². The maximum Gasteiger partial charge on any atom is 0.239 e. The van der Waals surface area contributed by atoms with E-state index in [1.165, 1.54) is 23.5 Å². The molecule has 0 fully saturated rings. The van der Waals surface area contributed by atoms with Gasteiger partial charge in [0.1, 0.15) is 11.6 Å². The van der Waals surface area contributed by atoms with Crippen molar-refractivity contribution in [2.24, 2.45) is 0 Å². The van der Waals surface area contributed by atoms with Crippen LogP contribution < -0.4 is 10.2 Å². The highest BCUT2D eigenvalue weighted by molar-refractivity contribution is 7.22. The van der Waals surface area contributed by atoms with Gasteiger partial charge in [0.05, 0.1) is 22.6 Å². The average Bonchev–Trinajstić information content (AvgIpc) is 3.26. The first-order valence-corrected chi connectivity index (χ1v) is 10.5. The molecule has 0 aliphatic carbocycles. The van der Waals surface area contributed by atoms with E-state index in [1.54, 1.807) is 11.9 Å². The minimum Gasteiger partial charge on any atom is -0.350 e. The number of amides is 1. The first-order valence-electron chi connectivity index (χ1n) is 9.66. The molecular weight excluding hydrogens is 420 g/mol. The fourth-order valence-electron chi connectivity index (χ4n) is 3.28. The molecule has 4 rings (SSSR count). The van der Waals surface area contributed by atoms with Gasteiger partial charge >= 0.3 is 0 Å². The van der Waals surface area contributed by atoms with Crippen LogP contribution in [0.4, 0.5) is 13.9 Å². The molecule has 0 spiro atoms. The molecule has 0 bridgehead atoms. The lowest BCUT2D eigenvalue weighted by molar-refractivity contribution is -0.119. The number of hydrogen-bond acceptors (Lipinski definition) is 5. The Morgan fingerprint density at radius 2 is 1.90 bits per heavy atom. The molecule has 2 aromatic heterocycles. The van der Waals surface area contributed by atoms with E-state index in [9.17, 15) is 13.6 Å². The molecule has 0 radical (unpaired) electrons. The highest BCUT2D eigenvalue weighted by Gasteiger charge is 2.18. The predicted octanol–water partition coefficient (Wildman–Crippen LogP) is 4.13. The van der Waals surface area contributed by atoms with Gasteiger partial charge in [0, 0.05) is 19.7 Å². The van der Waals surface area contributed by atoms with Gasteiger partial charge in [-0.3, -0.25) is 4.79 Å². The smallest absolute Gasteiger partial charge is 0.239 e. The van der Waals surface area contributed by atoms with E-state index in [-0.39, 0.29) is 19.0 Å². The van der Waals surface area contributed by atoms with Crippen molar-refractivity contribution in [3.63, 3.8) is 0 Å². The van der Waals surface area contributed by atoms with Crippen molar-refractivity contribution >= 4 is 32.7 Å². The zero-order chi connectivity index (χ0) is 22.1. The molecular formula is C22H21F2N5OS. The summed E-state index contributed by atoms with van der Waals surface area (Å²) in [6, 6.07) is 11.2. The second kappa shape index (κ2) is 8.43. The SMILES string of the molecule is Cc1cccc(-n2nc(C)c3sc(N(C)CC(=O)NCc4cc(F)cc(F)c4)nc32)c1. The Morgan fingerprint density at radius 3 is 2.61 bits per heavy atom. The number of carbonyl (C=O) groups excluding carboxylic acids is 1. The number of likely N-dealkylation sites (N-methyl/N-ethyl adjacent to an activating group) is 1. The number of thiazole rings is 1. The number of rotatable bonds is 6. The number of nitrogens with zero attached hydrogens (tertiary/aromatic N) is 4. The van der Waals surface area contributed by atoms with Crippen molar-refractivity contribution in [3.05, 3.63) is 70.9 Å². The van der Waals surface area contributed by atoms with Crippen LogP contribution in [0.1, 0.15) is 16.8 Å². The standard InChI is InChI=1S/C22H21F2N5OS/c1-13-5-4-6-18(7-13)29-21-20(14(2)27-29)31-22(26-21)28(3)12-19(30)25-11-15-8-16(23)10-17(24)9-15/h4-10H,11-12H2,1-3H3,(H,25,30). The van der Waals surface area contributed by atoms with Gasteiger partial charge in [0.25, 0.3) is 0 Å². The number of anilines is 1. The first kappa shape index (κ1) is 20.9. The van der Waals surface area contributed by atoms with E-state index in [1.807, 2.05) is 42.8 Å². The summed E-state index contributed by atoms with van der Waals surface area (Å²) < 4.78 is 29.3. The van der Waals surface area contributed by atoms with Gasteiger partial charge < -0.3 is 10.2 Å². The number of hydrogen-bond donors (Lipinski definition) is 1. The minimum absolute atomic E-state index is 0.0443. The number of aryl methyl sites for hydroxylation is 2.